The molecule has 0 atom stereocenters. The Labute approximate surface area is 107 Å². The topological polar surface area (TPSA) is 70.7 Å². The first-order valence-electron chi connectivity index (χ1n) is 5.23. The van der Waals surface area contributed by atoms with Gasteiger partial charge in [-0.05, 0) is 24.3 Å². The van der Waals surface area contributed by atoms with Crippen molar-refractivity contribution in [3.63, 3.8) is 0 Å². The Kier molecular flexibility index (Phi) is 4.30. The maximum Gasteiger partial charge on any atom is 0.230 e. The lowest BCUT2D eigenvalue weighted by atomic mass is 10.4. The molecular weight excluding hydrogens is 255 g/mol. The molecule has 1 aromatic carbocycles. The second-order valence-corrected chi connectivity index (χ2v) is 4.50. The first-order chi connectivity index (χ1) is 8.74. The van der Waals surface area contributed by atoms with Gasteiger partial charge in [0.2, 0.25) is 5.91 Å². The molecule has 0 radical (unpaired) electrons. The van der Waals surface area contributed by atoms with Crippen LogP contribution in [-0.2, 0) is 11.3 Å². The highest BCUT2D eigenvalue weighted by atomic mass is 32.2. The fourth-order valence-electron chi connectivity index (χ4n) is 1.23. The number of rotatable bonds is 5. The summed E-state index contributed by atoms with van der Waals surface area (Å²) in [6, 6.07) is 6.02. The van der Waals surface area contributed by atoms with Gasteiger partial charge in [0.1, 0.15) is 18.0 Å². The van der Waals surface area contributed by atoms with E-state index in [2.05, 4.69) is 20.5 Å². The van der Waals surface area contributed by atoms with Crippen LogP contribution in [0, 0.1) is 5.82 Å². The standard InChI is InChI=1S/C11H11FN4OS/c12-8-1-3-9(4-2-8)18-6-11(17)13-5-10-14-7-15-16-10/h1-4,7H,5-6H2,(H,13,17)(H,14,15,16). The minimum absolute atomic E-state index is 0.110. The number of hydrogen-bond acceptors (Lipinski definition) is 4. The quantitative estimate of drug-likeness (QED) is 0.801. The molecule has 0 saturated heterocycles. The Bertz CT molecular complexity index is 500. The van der Waals surface area contributed by atoms with Crippen molar-refractivity contribution in [1.29, 1.82) is 0 Å². The Balaban J connectivity index is 1.73. The summed E-state index contributed by atoms with van der Waals surface area (Å²) in [7, 11) is 0. The monoisotopic (exact) mass is 266 g/mol. The first-order valence-corrected chi connectivity index (χ1v) is 6.22. The highest BCUT2D eigenvalue weighted by molar-refractivity contribution is 8.00. The number of carbonyl (C=O) groups excluding carboxylic acids is 1. The van der Waals surface area contributed by atoms with Crippen molar-refractivity contribution in [2.45, 2.75) is 11.4 Å². The molecule has 0 spiro atoms. The van der Waals surface area contributed by atoms with Crippen molar-refractivity contribution in [3.8, 4) is 0 Å². The van der Waals surface area contributed by atoms with E-state index in [0.29, 0.717) is 12.4 Å². The Hall–Kier alpha value is -1.89. The van der Waals surface area contributed by atoms with E-state index < -0.39 is 0 Å². The zero-order chi connectivity index (χ0) is 12.8. The van der Waals surface area contributed by atoms with Gasteiger partial charge in [0, 0.05) is 4.90 Å². The molecule has 1 amide bonds. The smallest absolute Gasteiger partial charge is 0.230 e. The van der Waals surface area contributed by atoms with Gasteiger partial charge in [-0.25, -0.2) is 9.37 Å². The zero-order valence-electron chi connectivity index (χ0n) is 9.39. The molecule has 2 aromatic rings. The predicted octanol–water partition coefficient (Wildman–Crippen LogP) is 1.35. The van der Waals surface area contributed by atoms with Crippen LogP contribution in [-0.4, -0.2) is 26.8 Å². The summed E-state index contributed by atoms with van der Waals surface area (Å²) in [6.07, 6.45) is 1.38. The van der Waals surface area contributed by atoms with Gasteiger partial charge in [0.05, 0.1) is 12.3 Å². The van der Waals surface area contributed by atoms with Crippen molar-refractivity contribution < 1.29 is 9.18 Å². The minimum Gasteiger partial charge on any atom is -0.348 e. The highest BCUT2D eigenvalue weighted by Crippen LogP contribution is 2.17. The fourth-order valence-corrected chi connectivity index (χ4v) is 1.96. The number of aromatic nitrogens is 3. The fraction of sp³-hybridized carbons (Fsp3) is 0.182. The lowest BCUT2D eigenvalue weighted by molar-refractivity contribution is -0.118. The minimum atomic E-state index is -0.283. The normalized spacial score (nSPS) is 10.3. The van der Waals surface area contributed by atoms with E-state index in [1.807, 2.05) is 0 Å². The second-order valence-electron chi connectivity index (χ2n) is 3.45. The van der Waals surface area contributed by atoms with Crippen molar-refractivity contribution in [2.75, 3.05) is 5.75 Å². The van der Waals surface area contributed by atoms with Crippen LogP contribution in [0.25, 0.3) is 0 Å². The van der Waals surface area contributed by atoms with Crippen LogP contribution in [0.5, 0.6) is 0 Å². The molecular formula is C11H11FN4OS. The number of halogens is 1. The maximum absolute atomic E-state index is 12.7. The molecule has 18 heavy (non-hydrogen) atoms. The average Bonchev–Trinajstić information content (AvgIpc) is 2.89. The number of H-pyrrole nitrogens is 1. The molecule has 1 heterocycles. The zero-order valence-corrected chi connectivity index (χ0v) is 10.2. The van der Waals surface area contributed by atoms with E-state index in [9.17, 15) is 9.18 Å². The molecule has 0 bridgehead atoms. The molecule has 2 N–H and O–H groups in total. The molecule has 1 aromatic heterocycles. The number of amides is 1. The van der Waals surface area contributed by atoms with Gasteiger partial charge in [-0.3, -0.25) is 9.89 Å². The molecule has 0 saturated carbocycles. The number of thioether (sulfide) groups is 1. The van der Waals surface area contributed by atoms with Crippen LogP contribution in [0.15, 0.2) is 35.5 Å². The number of nitrogens with zero attached hydrogens (tertiary/aromatic N) is 2. The largest absolute Gasteiger partial charge is 0.348 e. The number of aromatic amines is 1. The Morgan fingerprint density at radius 3 is 2.83 bits per heavy atom. The maximum atomic E-state index is 12.7. The van der Waals surface area contributed by atoms with E-state index in [-0.39, 0.29) is 17.5 Å². The SMILES string of the molecule is O=C(CSc1ccc(F)cc1)NCc1ncn[nH]1. The molecule has 0 fully saturated rings. The molecule has 0 aliphatic carbocycles. The van der Waals surface area contributed by atoms with Gasteiger partial charge in [-0.15, -0.1) is 11.8 Å². The lowest BCUT2D eigenvalue weighted by Crippen LogP contribution is -2.25. The third-order valence-corrected chi connectivity index (χ3v) is 3.11. The molecule has 0 unspecified atom stereocenters. The van der Waals surface area contributed by atoms with Gasteiger partial charge in [-0.2, -0.15) is 5.10 Å². The third-order valence-electron chi connectivity index (χ3n) is 2.10. The molecule has 5 nitrogen and oxygen atoms in total. The number of hydrogen-bond donors (Lipinski definition) is 2. The molecule has 0 aliphatic rings. The summed E-state index contributed by atoms with van der Waals surface area (Å²) < 4.78 is 12.7. The van der Waals surface area contributed by atoms with Crippen molar-refractivity contribution >= 4 is 17.7 Å². The number of nitrogens with one attached hydrogen (secondary N) is 2. The van der Waals surface area contributed by atoms with Crippen LogP contribution in [0.4, 0.5) is 4.39 Å². The molecule has 7 heteroatoms. The third kappa shape index (κ3) is 3.85. The highest BCUT2D eigenvalue weighted by Gasteiger charge is 2.04. The number of benzene rings is 1. The van der Waals surface area contributed by atoms with E-state index >= 15 is 0 Å². The van der Waals surface area contributed by atoms with Crippen molar-refractivity contribution in [2.24, 2.45) is 0 Å². The van der Waals surface area contributed by atoms with Gasteiger partial charge >= 0.3 is 0 Å². The summed E-state index contributed by atoms with van der Waals surface area (Å²) in [5.74, 6) is 0.490. The Morgan fingerprint density at radius 2 is 2.17 bits per heavy atom. The lowest BCUT2D eigenvalue weighted by Gasteiger charge is -2.03. The number of carbonyl (C=O) groups is 1. The van der Waals surface area contributed by atoms with Gasteiger partial charge < -0.3 is 5.32 Å². The van der Waals surface area contributed by atoms with E-state index in [1.165, 1.54) is 30.2 Å². The summed E-state index contributed by atoms with van der Waals surface area (Å²) in [6.45, 7) is 0.322. The molecule has 0 aliphatic heterocycles. The molecule has 2 rings (SSSR count). The summed E-state index contributed by atoms with van der Waals surface area (Å²) in [5, 5.41) is 9.02. The Morgan fingerprint density at radius 1 is 1.39 bits per heavy atom. The van der Waals surface area contributed by atoms with Crippen LogP contribution >= 0.6 is 11.8 Å². The van der Waals surface area contributed by atoms with Gasteiger partial charge in [0.15, 0.2) is 0 Å². The average molecular weight is 266 g/mol. The van der Waals surface area contributed by atoms with E-state index in [4.69, 9.17) is 0 Å². The predicted molar refractivity (Wildman–Crippen MR) is 65.4 cm³/mol. The second kappa shape index (κ2) is 6.15. The summed E-state index contributed by atoms with van der Waals surface area (Å²) in [4.78, 5) is 16.2. The van der Waals surface area contributed by atoms with Gasteiger partial charge in [-0.1, -0.05) is 0 Å². The first kappa shape index (κ1) is 12.6. The summed E-state index contributed by atoms with van der Waals surface area (Å²) in [5.41, 5.74) is 0. The molecule has 94 valence electrons. The van der Waals surface area contributed by atoms with Crippen molar-refractivity contribution in [1.82, 2.24) is 20.5 Å². The van der Waals surface area contributed by atoms with Crippen LogP contribution in [0.1, 0.15) is 5.82 Å². The van der Waals surface area contributed by atoms with Crippen molar-refractivity contribution in [3.05, 3.63) is 42.2 Å². The van der Waals surface area contributed by atoms with Crippen LogP contribution in [0.3, 0.4) is 0 Å². The van der Waals surface area contributed by atoms with E-state index in [1.54, 1.807) is 12.1 Å². The summed E-state index contributed by atoms with van der Waals surface area (Å²) >= 11 is 1.35. The van der Waals surface area contributed by atoms with Crippen LogP contribution in [0.2, 0.25) is 0 Å². The van der Waals surface area contributed by atoms with E-state index in [0.717, 1.165) is 4.90 Å². The van der Waals surface area contributed by atoms with Crippen LogP contribution < -0.4 is 5.32 Å². The van der Waals surface area contributed by atoms with Gasteiger partial charge in [0.25, 0.3) is 0 Å².